The lowest BCUT2D eigenvalue weighted by molar-refractivity contribution is -0.0302. The quantitative estimate of drug-likeness (QED) is 0.740. The third-order valence-electron chi connectivity index (χ3n) is 4.63. The average molecular weight is 279 g/mol. The topological polar surface area (TPSA) is 48.3 Å². The minimum Gasteiger partial charge on any atom is -0.376 e. The van der Waals surface area contributed by atoms with E-state index in [0.29, 0.717) is 12.1 Å². The summed E-state index contributed by atoms with van der Waals surface area (Å²) in [5, 5.41) is 13.1. The highest BCUT2D eigenvalue weighted by molar-refractivity contribution is 5.09. The summed E-state index contributed by atoms with van der Waals surface area (Å²) in [6.07, 6.45) is 6.94. The van der Waals surface area contributed by atoms with Gasteiger partial charge in [0.15, 0.2) is 0 Å². The van der Waals surface area contributed by atoms with Gasteiger partial charge in [0.1, 0.15) is 5.54 Å². The molecule has 114 valence electrons. The summed E-state index contributed by atoms with van der Waals surface area (Å²) < 4.78 is 5.70. The van der Waals surface area contributed by atoms with Gasteiger partial charge in [-0.15, -0.1) is 0 Å². The minimum atomic E-state index is -0.294. The smallest absolute Gasteiger partial charge is 0.106 e. The number of nitrogens with one attached hydrogen (secondary N) is 1. The van der Waals surface area contributed by atoms with E-state index in [1.807, 2.05) is 0 Å². The molecule has 20 heavy (non-hydrogen) atoms. The molecule has 4 nitrogen and oxygen atoms in total. The summed E-state index contributed by atoms with van der Waals surface area (Å²) in [5.41, 5.74) is -0.294. The van der Waals surface area contributed by atoms with Crippen molar-refractivity contribution in [3.05, 3.63) is 0 Å². The number of rotatable bonds is 8. The second-order valence-corrected chi connectivity index (χ2v) is 6.27. The average Bonchev–Trinajstić information content (AvgIpc) is 3.30. The zero-order chi connectivity index (χ0) is 14.4. The zero-order valence-electron chi connectivity index (χ0n) is 13.0. The van der Waals surface area contributed by atoms with Crippen molar-refractivity contribution in [2.45, 2.75) is 70.1 Å². The van der Waals surface area contributed by atoms with Gasteiger partial charge in [0.05, 0.1) is 18.8 Å². The zero-order valence-corrected chi connectivity index (χ0v) is 13.0. The molecule has 1 saturated heterocycles. The first-order valence-electron chi connectivity index (χ1n) is 8.24. The van der Waals surface area contributed by atoms with Gasteiger partial charge in [0, 0.05) is 19.1 Å². The van der Waals surface area contributed by atoms with E-state index in [4.69, 9.17) is 4.74 Å². The van der Waals surface area contributed by atoms with Crippen LogP contribution in [0.4, 0.5) is 0 Å². The monoisotopic (exact) mass is 279 g/mol. The largest absolute Gasteiger partial charge is 0.376 e. The van der Waals surface area contributed by atoms with Crippen LogP contribution in [-0.4, -0.2) is 48.8 Å². The normalized spacial score (nSPS) is 26.9. The van der Waals surface area contributed by atoms with Crippen LogP contribution < -0.4 is 5.32 Å². The molecule has 2 unspecified atom stereocenters. The second kappa shape index (κ2) is 7.40. The van der Waals surface area contributed by atoms with Crippen molar-refractivity contribution in [2.24, 2.45) is 0 Å². The maximum atomic E-state index is 9.52. The maximum absolute atomic E-state index is 9.52. The van der Waals surface area contributed by atoms with Crippen LogP contribution in [0.2, 0.25) is 0 Å². The lowest BCUT2D eigenvalue weighted by atomic mass is 9.91. The van der Waals surface area contributed by atoms with E-state index in [9.17, 15) is 5.26 Å². The molecule has 4 heteroatoms. The molecule has 1 heterocycles. The summed E-state index contributed by atoms with van der Waals surface area (Å²) in [4.78, 5) is 2.49. The summed E-state index contributed by atoms with van der Waals surface area (Å²) in [7, 11) is 0. The predicted octanol–water partition coefficient (Wildman–Crippen LogP) is 2.30. The molecular weight excluding hydrogens is 250 g/mol. The molecule has 0 aromatic carbocycles. The summed E-state index contributed by atoms with van der Waals surface area (Å²) in [6, 6.07) is 3.14. The lowest BCUT2D eigenvalue weighted by Gasteiger charge is -2.33. The van der Waals surface area contributed by atoms with Crippen LogP contribution in [0.15, 0.2) is 0 Å². The molecule has 2 fully saturated rings. The van der Waals surface area contributed by atoms with Gasteiger partial charge in [0.2, 0.25) is 0 Å². The van der Waals surface area contributed by atoms with Crippen molar-refractivity contribution in [3.8, 4) is 6.07 Å². The van der Waals surface area contributed by atoms with E-state index in [0.717, 1.165) is 51.9 Å². The van der Waals surface area contributed by atoms with Crippen LogP contribution in [0.3, 0.4) is 0 Å². The van der Waals surface area contributed by atoms with Gasteiger partial charge in [0.25, 0.3) is 0 Å². The highest BCUT2D eigenvalue weighted by atomic mass is 16.5. The van der Waals surface area contributed by atoms with Crippen LogP contribution in [-0.2, 0) is 4.74 Å². The summed E-state index contributed by atoms with van der Waals surface area (Å²) in [6.45, 7) is 8.36. The van der Waals surface area contributed by atoms with Gasteiger partial charge in [-0.05, 0) is 45.1 Å². The van der Waals surface area contributed by atoms with Gasteiger partial charge in [-0.2, -0.15) is 5.26 Å². The Bertz CT molecular complexity index is 337. The van der Waals surface area contributed by atoms with Gasteiger partial charge in [-0.3, -0.25) is 10.2 Å². The van der Waals surface area contributed by atoms with Crippen LogP contribution >= 0.6 is 0 Å². The van der Waals surface area contributed by atoms with E-state index < -0.39 is 0 Å². The number of hydrogen-bond acceptors (Lipinski definition) is 4. The molecule has 2 atom stereocenters. The Morgan fingerprint density at radius 3 is 2.80 bits per heavy atom. The number of nitriles is 1. The Morgan fingerprint density at radius 2 is 2.20 bits per heavy atom. The highest BCUT2D eigenvalue weighted by Crippen LogP contribution is 2.26. The fraction of sp³-hybridized carbons (Fsp3) is 0.938. The van der Waals surface area contributed by atoms with Crippen molar-refractivity contribution in [3.63, 3.8) is 0 Å². The second-order valence-electron chi connectivity index (χ2n) is 6.27. The Kier molecular flexibility index (Phi) is 5.83. The standard InChI is InChI=1S/C16H29N3O/c1-3-15-12-19(10-11-20-15)9-5-8-16(4-2,13-17)18-14-6-7-14/h14-15,18H,3-12H2,1-2H3. The van der Waals surface area contributed by atoms with Crippen LogP contribution in [0, 0.1) is 11.3 Å². The molecule has 0 radical (unpaired) electrons. The van der Waals surface area contributed by atoms with Gasteiger partial charge < -0.3 is 4.74 Å². The summed E-state index contributed by atoms with van der Waals surface area (Å²) in [5.74, 6) is 0. The molecule has 2 rings (SSSR count). The van der Waals surface area contributed by atoms with Crippen molar-refractivity contribution in [1.29, 1.82) is 5.26 Å². The Morgan fingerprint density at radius 1 is 1.40 bits per heavy atom. The lowest BCUT2D eigenvalue weighted by Crippen LogP contribution is -2.46. The Hall–Kier alpha value is -0.630. The fourth-order valence-corrected chi connectivity index (χ4v) is 2.97. The van der Waals surface area contributed by atoms with E-state index in [2.05, 4.69) is 30.1 Å². The number of morpholine rings is 1. The van der Waals surface area contributed by atoms with Gasteiger partial charge in [-0.1, -0.05) is 13.8 Å². The number of hydrogen-bond donors (Lipinski definition) is 1. The molecule has 1 saturated carbocycles. The van der Waals surface area contributed by atoms with Crippen molar-refractivity contribution in [1.82, 2.24) is 10.2 Å². The molecule has 0 aromatic rings. The van der Waals surface area contributed by atoms with Crippen LogP contribution in [0.25, 0.3) is 0 Å². The van der Waals surface area contributed by atoms with Gasteiger partial charge in [-0.25, -0.2) is 0 Å². The van der Waals surface area contributed by atoms with Crippen molar-refractivity contribution < 1.29 is 4.74 Å². The molecule has 0 bridgehead atoms. The molecule has 0 amide bonds. The van der Waals surface area contributed by atoms with Crippen LogP contribution in [0.1, 0.15) is 52.4 Å². The van der Waals surface area contributed by atoms with E-state index in [-0.39, 0.29) is 5.54 Å². The maximum Gasteiger partial charge on any atom is 0.106 e. The van der Waals surface area contributed by atoms with E-state index >= 15 is 0 Å². The van der Waals surface area contributed by atoms with Crippen LogP contribution in [0.5, 0.6) is 0 Å². The SMILES string of the molecule is CCC1CN(CCCC(C#N)(CC)NC2CC2)CCO1. The molecular formula is C16H29N3O. The Labute approximate surface area is 123 Å². The first kappa shape index (κ1) is 15.8. The van der Waals surface area contributed by atoms with E-state index in [1.54, 1.807) is 0 Å². The number of ether oxygens (including phenoxy) is 1. The first-order valence-corrected chi connectivity index (χ1v) is 8.24. The van der Waals surface area contributed by atoms with Crippen molar-refractivity contribution in [2.75, 3.05) is 26.2 Å². The third-order valence-corrected chi connectivity index (χ3v) is 4.63. The Balaban J connectivity index is 1.73. The third kappa shape index (κ3) is 4.44. The molecule has 1 aliphatic carbocycles. The first-order chi connectivity index (χ1) is 9.71. The molecule has 1 N–H and O–H groups in total. The number of nitrogens with zero attached hydrogens (tertiary/aromatic N) is 2. The highest BCUT2D eigenvalue weighted by Gasteiger charge is 2.34. The molecule has 0 aromatic heterocycles. The van der Waals surface area contributed by atoms with Gasteiger partial charge >= 0.3 is 0 Å². The van der Waals surface area contributed by atoms with Crippen molar-refractivity contribution >= 4 is 0 Å². The molecule has 1 aliphatic heterocycles. The minimum absolute atomic E-state index is 0.294. The fourth-order valence-electron chi connectivity index (χ4n) is 2.97. The molecule has 0 spiro atoms. The van der Waals surface area contributed by atoms with E-state index in [1.165, 1.54) is 12.8 Å². The summed E-state index contributed by atoms with van der Waals surface area (Å²) >= 11 is 0. The predicted molar refractivity (Wildman–Crippen MR) is 80.5 cm³/mol. The molecule has 2 aliphatic rings.